The Balaban J connectivity index is 1.21. The van der Waals surface area contributed by atoms with Crippen molar-refractivity contribution >= 4 is 17.0 Å². The Labute approximate surface area is 273 Å². The van der Waals surface area contributed by atoms with Crippen LogP contribution in [-0.2, 0) is 12.7 Å². The lowest BCUT2D eigenvalue weighted by Gasteiger charge is -2.33. The van der Waals surface area contributed by atoms with E-state index in [1.54, 1.807) is 27.5 Å². The van der Waals surface area contributed by atoms with Crippen molar-refractivity contribution in [3.63, 3.8) is 0 Å². The van der Waals surface area contributed by atoms with Crippen LogP contribution in [0.4, 0.5) is 19.0 Å². The van der Waals surface area contributed by atoms with Crippen molar-refractivity contribution in [2.75, 3.05) is 45.2 Å². The number of alkyl halides is 3. The predicted octanol–water partition coefficient (Wildman–Crippen LogP) is 4.55. The standard InChI is InChI=1S/C33H33F3N10O2/c1-43-11-13-44(14-12-43)30-32(47)46(16-19-3-5-21(6-4-19)28-41-24(33(34,35)36)17-45(28)22-9-10-22)29-23(40-30)15-37-27(42-29)25-26(20-7-8-20)38-18-39-31(25)48-2/h3-6,15,17-18,20,22H,7-14,16H2,1-2H3. The van der Waals surface area contributed by atoms with Crippen LogP contribution in [-0.4, -0.2) is 84.3 Å². The van der Waals surface area contributed by atoms with Crippen LogP contribution in [0.25, 0.3) is 33.9 Å². The zero-order chi connectivity index (χ0) is 33.2. The van der Waals surface area contributed by atoms with Crippen molar-refractivity contribution in [3.8, 4) is 28.7 Å². The number of imidazole rings is 1. The summed E-state index contributed by atoms with van der Waals surface area (Å²) in [5, 5.41) is 0. The molecule has 0 amide bonds. The normalized spacial score (nSPS) is 17.3. The molecule has 0 N–H and O–H groups in total. The lowest BCUT2D eigenvalue weighted by atomic mass is 10.1. The summed E-state index contributed by atoms with van der Waals surface area (Å²) in [6.07, 6.45) is 3.29. The molecule has 0 atom stereocenters. The number of fused-ring (bicyclic) bond motifs is 1. The lowest BCUT2D eigenvalue weighted by Crippen LogP contribution is -2.47. The molecule has 5 heterocycles. The van der Waals surface area contributed by atoms with Crippen LogP contribution in [0.5, 0.6) is 5.88 Å². The van der Waals surface area contributed by atoms with Gasteiger partial charge < -0.3 is 19.1 Å². The first-order valence-corrected chi connectivity index (χ1v) is 16.0. The molecule has 2 saturated carbocycles. The summed E-state index contributed by atoms with van der Waals surface area (Å²) in [5.74, 6) is 1.57. The van der Waals surface area contributed by atoms with Gasteiger partial charge >= 0.3 is 6.18 Å². The Kier molecular flexibility index (Phi) is 7.38. The van der Waals surface area contributed by atoms with Crippen LogP contribution in [0.1, 0.15) is 54.6 Å². The Morgan fingerprint density at radius 3 is 2.35 bits per heavy atom. The molecule has 15 heteroatoms. The van der Waals surface area contributed by atoms with E-state index in [2.05, 4.69) is 24.8 Å². The molecule has 1 aromatic carbocycles. The molecule has 0 radical (unpaired) electrons. The molecule has 48 heavy (non-hydrogen) atoms. The van der Waals surface area contributed by atoms with E-state index in [0.717, 1.165) is 56.2 Å². The van der Waals surface area contributed by atoms with E-state index >= 15 is 0 Å². The van der Waals surface area contributed by atoms with Gasteiger partial charge in [0.15, 0.2) is 23.0 Å². The van der Waals surface area contributed by atoms with E-state index < -0.39 is 11.9 Å². The maximum Gasteiger partial charge on any atom is 0.434 e. The van der Waals surface area contributed by atoms with Gasteiger partial charge in [-0.05, 0) is 38.3 Å². The SMILES string of the molecule is COc1ncnc(C2CC2)c1-c1ncc2nc(N3CCN(C)CC3)c(=O)n(Cc3ccc(-c4nc(C(F)(F)F)cn4C4CC4)cc3)c2n1. The molecule has 5 aromatic rings. The maximum absolute atomic E-state index is 14.3. The van der Waals surface area contributed by atoms with Crippen LogP contribution in [0, 0.1) is 0 Å². The van der Waals surface area contributed by atoms with Gasteiger partial charge in [-0.3, -0.25) is 9.36 Å². The number of methoxy groups -OCH3 is 1. The molecule has 0 unspecified atom stereocenters. The summed E-state index contributed by atoms with van der Waals surface area (Å²) in [7, 11) is 3.58. The van der Waals surface area contributed by atoms with Crippen LogP contribution in [0.3, 0.4) is 0 Å². The molecule has 1 saturated heterocycles. The van der Waals surface area contributed by atoms with E-state index in [1.165, 1.54) is 13.4 Å². The molecule has 2 aliphatic carbocycles. The average molecular weight is 659 g/mol. The number of anilines is 1. The summed E-state index contributed by atoms with van der Waals surface area (Å²) < 4.78 is 49.4. The highest BCUT2D eigenvalue weighted by Gasteiger charge is 2.37. The minimum absolute atomic E-state index is 0.0148. The van der Waals surface area contributed by atoms with Crippen LogP contribution in [0.15, 0.2) is 47.8 Å². The topological polar surface area (TPSA) is 120 Å². The van der Waals surface area contributed by atoms with Crippen molar-refractivity contribution in [2.24, 2.45) is 0 Å². The van der Waals surface area contributed by atoms with Crippen molar-refractivity contribution < 1.29 is 17.9 Å². The lowest BCUT2D eigenvalue weighted by molar-refractivity contribution is -0.140. The van der Waals surface area contributed by atoms with Gasteiger partial charge in [-0.25, -0.2) is 29.9 Å². The van der Waals surface area contributed by atoms with E-state index in [9.17, 15) is 18.0 Å². The second-order valence-corrected chi connectivity index (χ2v) is 12.7. The monoisotopic (exact) mass is 658 g/mol. The third-order valence-electron chi connectivity index (χ3n) is 9.21. The third kappa shape index (κ3) is 5.65. The molecule has 8 rings (SSSR count). The highest BCUT2D eigenvalue weighted by atomic mass is 19.4. The minimum Gasteiger partial charge on any atom is -0.480 e. The summed E-state index contributed by atoms with van der Waals surface area (Å²) in [5.41, 5.74) is 2.35. The van der Waals surface area contributed by atoms with Crippen molar-refractivity contribution in [3.05, 3.63) is 70.3 Å². The fourth-order valence-corrected chi connectivity index (χ4v) is 6.24. The summed E-state index contributed by atoms with van der Waals surface area (Å²) in [6.45, 7) is 3.03. The molecule has 3 aliphatic rings. The molecule has 12 nitrogen and oxygen atoms in total. The van der Waals surface area contributed by atoms with Crippen molar-refractivity contribution in [1.82, 2.24) is 43.9 Å². The molecule has 4 aromatic heterocycles. The second kappa shape index (κ2) is 11.6. The number of aromatic nitrogens is 8. The Hall–Kier alpha value is -4.92. The zero-order valence-electron chi connectivity index (χ0n) is 26.5. The Morgan fingerprint density at radius 1 is 0.938 bits per heavy atom. The molecule has 0 spiro atoms. The third-order valence-corrected chi connectivity index (χ3v) is 9.21. The number of ether oxygens (including phenoxy) is 1. The molecule has 0 bridgehead atoms. The highest BCUT2D eigenvalue weighted by Crippen LogP contribution is 2.45. The smallest absolute Gasteiger partial charge is 0.434 e. The van der Waals surface area contributed by atoms with E-state index in [4.69, 9.17) is 14.7 Å². The first-order chi connectivity index (χ1) is 23.2. The van der Waals surface area contributed by atoms with Gasteiger partial charge in [-0.1, -0.05) is 24.3 Å². The number of hydrogen-bond donors (Lipinski definition) is 0. The Morgan fingerprint density at radius 2 is 1.69 bits per heavy atom. The molecular formula is C33H33F3N10O2. The fourth-order valence-electron chi connectivity index (χ4n) is 6.24. The summed E-state index contributed by atoms with van der Waals surface area (Å²) in [4.78, 5) is 45.5. The van der Waals surface area contributed by atoms with Gasteiger partial charge in [-0.15, -0.1) is 0 Å². The number of benzene rings is 1. The van der Waals surface area contributed by atoms with Gasteiger partial charge in [0.25, 0.3) is 5.56 Å². The van der Waals surface area contributed by atoms with Gasteiger partial charge in [0.05, 0.1) is 25.5 Å². The first-order valence-electron chi connectivity index (χ1n) is 16.0. The minimum atomic E-state index is -4.53. The number of hydrogen-bond acceptors (Lipinski definition) is 10. The number of piperazine rings is 1. The predicted molar refractivity (Wildman–Crippen MR) is 171 cm³/mol. The van der Waals surface area contributed by atoms with Gasteiger partial charge in [-0.2, -0.15) is 13.2 Å². The molecular weight excluding hydrogens is 625 g/mol. The largest absolute Gasteiger partial charge is 0.480 e. The maximum atomic E-state index is 14.3. The highest BCUT2D eigenvalue weighted by molar-refractivity contribution is 5.76. The van der Waals surface area contributed by atoms with Gasteiger partial charge in [0, 0.05) is 49.9 Å². The molecule has 248 valence electrons. The van der Waals surface area contributed by atoms with Crippen LogP contribution in [0.2, 0.25) is 0 Å². The quantitative estimate of drug-likeness (QED) is 0.235. The fraction of sp³-hybridized carbons (Fsp3) is 0.424. The number of likely N-dealkylation sites (N-methyl/N-ethyl adjacent to an activating group) is 1. The van der Waals surface area contributed by atoms with E-state index in [-0.39, 0.29) is 29.9 Å². The van der Waals surface area contributed by atoms with Gasteiger partial charge in [0.2, 0.25) is 5.88 Å². The van der Waals surface area contributed by atoms with Crippen LogP contribution < -0.4 is 15.2 Å². The average Bonchev–Trinajstić information content (AvgIpc) is 4.04. The van der Waals surface area contributed by atoms with Crippen molar-refractivity contribution in [2.45, 2.75) is 50.4 Å². The number of halogens is 3. The Bertz CT molecular complexity index is 2060. The first kappa shape index (κ1) is 30.4. The molecule has 1 aliphatic heterocycles. The van der Waals surface area contributed by atoms with E-state index in [1.807, 2.05) is 24.1 Å². The zero-order valence-corrected chi connectivity index (χ0v) is 26.5. The number of nitrogens with zero attached hydrogens (tertiary/aromatic N) is 10. The van der Waals surface area contributed by atoms with Crippen molar-refractivity contribution in [1.29, 1.82) is 0 Å². The summed E-state index contributed by atoms with van der Waals surface area (Å²) in [6, 6.07) is 7.14. The summed E-state index contributed by atoms with van der Waals surface area (Å²) >= 11 is 0. The van der Waals surface area contributed by atoms with Crippen LogP contribution >= 0.6 is 0 Å². The number of rotatable bonds is 8. The molecule has 3 fully saturated rings. The second-order valence-electron chi connectivity index (χ2n) is 12.7. The van der Waals surface area contributed by atoms with E-state index in [0.29, 0.717) is 52.9 Å². The van der Waals surface area contributed by atoms with Gasteiger partial charge in [0.1, 0.15) is 23.2 Å².